The molecule has 0 fully saturated rings. The molecule has 7 heteroatoms. The van der Waals surface area contributed by atoms with Gasteiger partial charge in [0.2, 0.25) is 5.91 Å². The van der Waals surface area contributed by atoms with Gasteiger partial charge in [-0.05, 0) is 48.1 Å². The van der Waals surface area contributed by atoms with Crippen LogP contribution in [0, 0.1) is 11.7 Å². The molecule has 5 nitrogen and oxygen atoms in total. The van der Waals surface area contributed by atoms with Crippen molar-refractivity contribution in [2.24, 2.45) is 5.92 Å². The summed E-state index contributed by atoms with van der Waals surface area (Å²) in [5.41, 5.74) is 2.23. The molecule has 0 saturated carbocycles. The van der Waals surface area contributed by atoms with Crippen LogP contribution in [-0.4, -0.2) is 27.1 Å². The first-order valence-electron chi connectivity index (χ1n) is 10.2. The average Bonchev–Trinajstić information content (AvgIpc) is 2.68. The minimum Gasteiger partial charge on any atom is -0.322 e. The van der Waals surface area contributed by atoms with E-state index in [1.807, 2.05) is 0 Å². The van der Waals surface area contributed by atoms with Gasteiger partial charge in [0.05, 0.1) is 17.1 Å². The van der Waals surface area contributed by atoms with Crippen molar-refractivity contribution in [2.75, 3.05) is 18.1 Å². The highest BCUT2D eigenvalue weighted by Crippen LogP contribution is 2.23. The Hall–Kier alpha value is -2.25. The van der Waals surface area contributed by atoms with Crippen LogP contribution in [-0.2, 0) is 21.1 Å². The predicted molar refractivity (Wildman–Crippen MR) is 119 cm³/mol. The van der Waals surface area contributed by atoms with Crippen molar-refractivity contribution < 1.29 is 17.6 Å². The van der Waals surface area contributed by atoms with Crippen LogP contribution in [0.2, 0.25) is 0 Å². The van der Waals surface area contributed by atoms with Gasteiger partial charge in [-0.15, -0.1) is 0 Å². The molecule has 164 valence electrons. The third-order valence-electron chi connectivity index (χ3n) is 4.95. The van der Waals surface area contributed by atoms with Crippen molar-refractivity contribution in [1.82, 2.24) is 5.32 Å². The standard InChI is InChI=1S/C23H31FN2O3S/c1-5-6-7-17-8-10-18(11-9-17)23(16(2)3)25-15-22(27)26-21-14-19(30(4,28)29)12-13-20(21)24/h8-14,16,23,25H,5-7,15H2,1-4H3,(H,26,27)/t23-/m1/s1. The van der Waals surface area contributed by atoms with E-state index in [9.17, 15) is 17.6 Å². The third-order valence-corrected chi connectivity index (χ3v) is 6.06. The number of unbranched alkanes of at least 4 members (excludes halogenated alkanes) is 1. The van der Waals surface area contributed by atoms with Crippen molar-refractivity contribution in [3.8, 4) is 0 Å². The summed E-state index contributed by atoms with van der Waals surface area (Å²) in [4.78, 5) is 12.3. The molecule has 0 radical (unpaired) electrons. The molecular formula is C23H31FN2O3S. The molecule has 0 saturated heterocycles. The smallest absolute Gasteiger partial charge is 0.238 e. The second-order valence-electron chi connectivity index (χ2n) is 7.91. The van der Waals surface area contributed by atoms with Crippen LogP contribution >= 0.6 is 0 Å². The highest BCUT2D eigenvalue weighted by atomic mass is 32.2. The maximum atomic E-state index is 14.0. The molecule has 1 amide bonds. The summed E-state index contributed by atoms with van der Waals surface area (Å²) in [6.45, 7) is 6.27. The fraction of sp³-hybridized carbons (Fsp3) is 0.435. The highest BCUT2D eigenvalue weighted by molar-refractivity contribution is 7.90. The Morgan fingerprint density at radius 3 is 2.33 bits per heavy atom. The number of rotatable bonds is 10. The van der Waals surface area contributed by atoms with Gasteiger partial charge in [0, 0.05) is 12.3 Å². The Kier molecular flexibility index (Phi) is 8.55. The summed E-state index contributed by atoms with van der Waals surface area (Å²) in [7, 11) is -3.49. The van der Waals surface area contributed by atoms with Gasteiger partial charge in [0.15, 0.2) is 9.84 Å². The van der Waals surface area contributed by atoms with E-state index in [0.717, 1.165) is 43.2 Å². The zero-order valence-electron chi connectivity index (χ0n) is 18.0. The van der Waals surface area contributed by atoms with Gasteiger partial charge < -0.3 is 10.6 Å². The van der Waals surface area contributed by atoms with Crippen LogP contribution in [0.1, 0.15) is 50.8 Å². The molecule has 0 aliphatic carbocycles. The van der Waals surface area contributed by atoms with Gasteiger partial charge in [-0.25, -0.2) is 12.8 Å². The van der Waals surface area contributed by atoms with Crippen molar-refractivity contribution in [3.05, 3.63) is 59.4 Å². The number of anilines is 1. The SMILES string of the molecule is CCCCc1ccc([C@H](NCC(=O)Nc2cc(S(C)(=O)=O)ccc2F)C(C)C)cc1. The average molecular weight is 435 g/mol. The largest absolute Gasteiger partial charge is 0.322 e. The number of hydrogen-bond donors (Lipinski definition) is 2. The van der Waals surface area contributed by atoms with Crippen LogP contribution in [0.15, 0.2) is 47.4 Å². The molecule has 30 heavy (non-hydrogen) atoms. The number of benzene rings is 2. The molecule has 0 spiro atoms. The van der Waals surface area contributed by atoms with E-state index in [1.54, 1.807) is 0 Å². The lowest BCUT2D eigenvalue weighted by atomic mass is 9.94. The zero-order valence-corrected chi connectivity index (χ0v) is 18.9. The molecule has 2 rings (SSSR count). The zero-order chi connectivity index (χ0) is 22.3. The molecule has 2 aromatic carbocycles. The van der Waals surface area contributed by atoms with Gasteiger partial charge in [0.25, 0.3) is 0 Å². The summed E-state index contributed by atoms with van der Waals surface area (Å²) in [5, 5.41) is 5.69. The second-order valence-corrected chi connectivity index (χ2v) is 9.93. The second kappa shape index (κ2) is 10.7. The minimum atomic E-state index is -3.49. The number of carbonyl (C=O) groups is 1. The number of halogens is 1. The lowest BCUT2D eigenvalue weighted by Gasteiger charge is -2.23. The first kappa shape index (κ1) is 24.0. The van der Waals surface area contributed by atoms with E-state index in [4.69, 9.17) is 0 Å². The Morgan fingerprint density at radius 1 is 1.10 bits per heavy atom. The molecule has 0 unspecified atom stereocenters. The molecule has 2 N–H and O–H groups in total. The summed E-state index contributed by atoms with van der Waals surface area (Å²) in [5.74, 6) is -0.881. The number of amides is 1. The van der Waals surface area contributed by atoms with E-state index in [2.05, 4.69) is 55.7 Å². The topological polar surface area (TPSA) is 75.3 Å². The van der Waals surface area contributed by atoms with Gasteiger partial charge in [-0.3, -0.25) is 4.79 Å². The predicted octanol–water partition coefficient (Wildman–Crippen LogP) is 4.50. The lowest BCUT2D eigenvalue weighted by Crippen LogP contribution is -2.33. The third kappa shape index (κ3) is 6.92. The van der Waals surface area contributed by atoms with Gasteiger partial charge in [-0.2, -0.15) is 0 Å². The minimum absolute atomic E-state index is 0.0248. The maximum Gasteiger partial charge on any atom is 0.238 e. The van der Waals surface area contributed by atoms with E-state index in [0.29, 0.717) is 0 Å². The molecule has 2 aromatic rings. The van der Waals surface area contributed by atoms with Crippen molar-refractivity contribution in [1.29, 1.82) is 0 Å². The van der Waals surface area contributed by atoms with Gasteiger partial charge in [-0.1, -0.05) is 51.5 Å². The van der Waals surface area contributed by atoms with Crippen LogP contribution in [0.5, 0.6) is 0 Å². The van der Waals surface area contributed by atoms with E-state index >= 15 is 0 Å². The maximum absolute atomic E-state index is 14.0. The van der Waals surface area contributed by atoms with Crippen molar-refractivity contribution in [3.63, 3.8) is 0 Å². The Morgan fingerprint density at radius 2 is 1.77 bits per heavy atom. The number of aryl methyl sites for hydroxylation is 1. The van der Waals surface area contributed by atoms with E-state index < -0.39 is 21.6 Å². The van der Waals surface area contributed by atoms with Gasteiger partial charge >= 0.3 is 0 Å². The van der Waals surface area contributed by atoms with Crippen LogP contribution in [0.3, 0.4) is 0 Å². The number of hydrogen-bond acceptors (Lipinski definition) is 4. The van der Waals surface area contributed by atoms with Gasteiger partial charge in [0.1, 0.15) is 5.82 Å². The molecule has 0 aliphatic heterocycles. The molecule has 0 aliphatic rings. The number of sulfone groups is 1. The quantitative estimate of drug-likeness (QED) is 0.540. The number of nitrogens with one attached hydrogen (secondary N) is 2. The van der Waals surface area contributed by atoms with Crippen molar-refractivity contribution in [2.45, 2.75) is 51.0 Å². The Bertz CT molecular complexity index is 957. The molecule has 0 aromatic heterocycles. The van der Waals surface area contributed by atoms with Crippen molar-refractivity contribution >= 4 is 21.4 Å². The summed E-state index contributed by atoms with van der Waals surface area (Å²) < 4.78 is 37.3. The lowest BCUT2D eigenvalue weighted by molar-refractivity contribution is -0.115. The Balaban J connectivity index is 2.04. The highest BCUT2D eigenvalue weighted by Gasteiger charge is 2.18. The summed E-state index contributed by atoms with van der Waals surface area (Å²) >= 11 is 0. The summed E-state index contributed by atoms with van der Waals surface area (Å²) in [6.07, 6.45) is 4.40. The van der Waals surface area contributed by atoms with Crippen LogP contribution in [0.25, 0.3) is 0 Å². The molecular weight excluding hydrogens is 403 g/mol. The normalized spacial score (nSPS) is 12.7. The monoisotopic (exact) mass is 434 g/mol. The fourth-order valence-electron chi connectivity index (χ4n) is 3.24. The molecule has 0 heterocycles. The van der Waals surface area contributed by atoms with E-state index in [-0.39, 0.29) is 29.1 Å². The fourth-order valence-corrected chi connectivity index (χ4v) is 3.89. The Labute approximate surface area is 179 Å². The molecule has 1 atom stereocenters. The van der Waals surface area contributed by atoms with Crippen LogP contribution < -0.4 is 10.6 Å². The van der Waals surface area contributed by atoms with Crippen LogP contribution in [0.4, 0.5) is 10.1 Å². The molecule has 0 bridgehead atoms. The first-order chi connectivity index (χ1) is 14.1. The summed E-state index contributed by atoms with van der Waals surface area (Å²) in [6, 6.07) is 11.7. The van der Waals surface area contributed by atoms with E-state index in [1.165, 1.54) is 11.6 Å². The first-order valence-corrected chi connectivity index (χ1v) is 12.1. The number of carbonyl (C=O) groups excluding carboxylic acids is 1.